The third-order valence-corrected chi connectivity index (χ3v) is 4.29. The van der Waals surface area contributed by atoms with Gasteiger partial charge in [0.25, 0.3) is 0 Å². The number of benzene rings is 2. The lowest BCUT2D eigenvalue weighted by Gasteiger charge is -2.20. The predicted molar refractivity (Wildman–Crippen MR) is 98.8 cm³/mol. The summed E-state index contributed by atoms with van der Waals surface area (Å²) in [6, 6.07) is 18.9. The van der Waals surface area contributed by atoms with Gasteiger partial charge in [0, 0.05) is 11.1 Å². The van der Waals surface area contributed by atoms with Crippen LogP contribution >= 0.6 is 0 Å². The summed E-state index contributed by atoms with van der Waals surface area (Å²) in [5, 5.41) is 0. The molecular weight excluding hydrogens is 335 g/mol. The van der Waals surface area contributed by atoms with Gasteiger partial charge in [-0.2, -0.15) is 13.2 Å². The van der Waals surface area contributed by atoms with Gasteiger partial charge in [-0.1, -0.05) is 75.4 Å². The van der Waals surface area contributed by atoms with Crippen LogP contribution in [0.5, 0.6) is 0 Å². The van der Waals surface area contributed by atoms with Crippen LogP contribution in [0.15, 0.2) is 66.7 Å². The fourth-order valence-electron chi connectivity index (χ4n) is 2.81. The fraction of sp³-hybridized carbons (Fsp3) is 0.227. The predicted octanol–water partition coefficient (Wildman–Crippen LogP) is 6.73. The van der Waals surface area contributed by atoms with E-state index in [2.05, 4.69) is 25.8 Å². The Kier molecular flexibility index (Phi) is 4.61. The van der Waals surface area contributed by atoms with Crippen molar-refractivity contribution in [1.29, 1.82) is 0 Å². The Morgan fingerprint density at radius 3 is 1.85 bits per heavy atom. The molecule has 0 aliphatic carbocycles. The van der Waals surface area contributed by atoms with Crippen molar-refractivity contribution in [2.75, 3.05) is 0 Å². The Bertz CT molecular complexity index is 889. The van der Waals surface area contributed by atoms with Gasteiger partial charge in [-0.05, 0) is 23.1 Å². The van der Waals surface area contributed by atoms with Gasteiger partial charge in [0.15, 0.2) is 0 Å². The van der Waals surface area contributed by atoms with Gasteiger partial charge in [0.2, 0.25) is 0 Å². The smallest absolute Gasteiger partial charge is 0.247 e. The number of alkyl halides is 3. The molecule has 0 fully saturated rings. The first-order chi connectivity index (χ1) is 12.2. The van der Waals surface area contributed by atoms with Gasteiger partial charge in [0.05, 0.1) is 17.0 Å². The number of pyridine rings is 1. The third kappa shape index (κ3) is 3.79. The maximum Gasteiger partial charge on any atom is 0.418 e. The monoisotopic (exact) mass is 355 g/mol. The van der Waals surface area contributed by atoms with Crippen LogP contribution in [0.2, 0.25) is 0 Å². The topological polar surface area (TPSA) is 12.9 Å². The number of nitrogens with zero attached hydrogens (tertiary/aromatic N) is 1. The summed E-state index contributed by atoms with van der Waals surface area (Å²) in [4.78, 5) is 4.35. The van der Waals surface area contributed by atoms with Crippen molar-refractivity contribution in [2.24, 2.45) is 0 Å². The molecule has 2 aromatic carbocycles. The summed E-state index contributed by atoms with van der Waals surface area (Å²) < 4.78 is 40.5. The van der Waals surface area contributed by atoms with Crippen LogP contribution in [0, 0.1) is 0 Å². The summed E-state index contributed by atoms with van der Waals surface area (Å²) in [7, 11) is 0. The molecule has 3 aromatic rings. The Morgan fingerprint density at radius 2 is 1.31 bits per heavy atom. The summed E-state index contributed by atoms with van der Waals surface area (Å²) >= 11 is 0. The molecular formula is C22H20F3N. The van der Waals surface area contributed by atoms with Crippen LogP contribution < -0.4 is 0 Å². The van der Waals surface area contributed by atoms with Gasteiger partial charge >= 0.3 is 6.18 Å². The second-order valence-corrected chi connectivity index (χ2v) is 7.28. The Hall–Kier alpha value is -2.62. The molecule has 0 unspecified atom stereocenters. The lowest BCUT2D eigenvalue weighted by Crippen LogP contribution is -2.11. The maximum absolute atomic E-state index is 13.5. The molecule has 0 radical (unpaired) electrons. The van der Waals surface area contributed by atoms with Crippen molar-refractivity contribution in [3.05, 3.63) is 77.9 Å². The summed E-state index contributed by atoms with van der Waals surface area (Å²) in [6.45, 7) is 6.20. The summed E-state index contributed by atoms with van der Waals surface area (Å²) in [5.41, 5.74) is 2.00. The Labute approximate surface area is 151 Å². The first-order valence-electron chi connectivity index (χ1n) is 8.41. The largest absolute Gasteiger partial charge is 0.418 e. The van der Waals surface area contributed by atoms with Crippen molar-refractivity contribution < 1.29 is 13.2 Å². The minimum Gasteiger partial charge on any atom is -0.247 e. The van der Waals surface area contributed by atoms with Gasteiger partial charge in [0.1, 0.15) is 0 Å². The quantitative estimate of drug-likeness (QED) is 0.496. The average molecular weight is 355 g/mol. The van der Waals surface area contributed by atoms with E-state index in [1.165, 1.54) is 6.07 Å². The Balaban J connectivity index is 2.14. The van der Waals surface area contributed by atoms with E-state index in [9.17, 15) is 13.2 Å². The maximum atomic E-state index is 13.5. The molecule has 0 saturated heterocycles. The minimum atomic E-state index is -4.46. The number of hydrogen-bond acceptors (Lipinski definition) is 1. The highest BCUT2D eigenvalue weighted by Crippen LogP contribution is 2.38. The molecule has 0 aliphatic rings. The van der Waals surface area contributed by atoms with E-state index in [1.54, 1.807) is 12.1 Å². The first kappa shape index (κ1) is 18.2. The molecule has 1 aromatic heterocycles. The van der Waals surface area contributed by atoms with Crippen molar-refractivity contribution in [3.8, 4) is 22.5 Å². The van der Waals surface area contributed by atoms with Gasteiger partial charge in [-0.3, -0.25) is 0 Å². The third-order valence-electron chi connectivity index (χ3n) is 4.29. The number of hydrogen-bond donors (Lipinski definition) is 0. The molecule has 0 spiro atoms. The van der Waals surface area contributed by atoms with Crippen LogP contribution in [0.4, 0.5) is 13.2 Å². The molecule has 0 saturated carbocycles. The van der Waals surface area contributed by atoms with E-state index >= 15 is 0 Å². The van der Waals surface area contributed by atoms with Crippen LogP contribution in [0.1, 0.15) is 31.9 Å². The summed E-state index contributed by atoms with van der Waals surface area (Å²) in [6.07, 6.45) is -4.46. The fourth-order valence-corrected chi connectivity index (χ4v) is 2.81. The normalized spacial score (nSPS) is 12.2. The molecule has 1 nitrogen and oxygen atoms in total. The van der Waals surface area contributed by atoms with Crippen molar-refractivity contribution in [2.45, 2.75) is 32.4 Å². The molecule has 26 heavy (non-hydrogen) atoms. The zero-order valence-electron chi connectivity index (χ0n) is 14.9. The molecule has 3 rings (SSSR count). The second kappa shape index (κ2) is 6.60. The standard InChI is InChI=1S/C22H20F3N/c1-21(2,3)17-11-9-16(10-12-17)20-18(22(23,24)25)13-14-19(26-20)15-7-5-4-6-8-15/h4-14H,1-3H3. The van der Waals surface area contributed by atoms with Crippen LogP contribution in [0.3, 0.4) is 0 Å². The van der Waals surface area contributed by atoms with Gasteiger partial charge < -0.3 is 0 Å². The highest BCUT2D eigenvalue weighted by molar-refractivity contribution is 5.69. The zero-order valence-corrected chi connectivity index (χ0v) is 14.9. The highest BCUT2D eigenvalue weighted by Gasteiger charge is 2.34. The van der Waals surface area contributed by atoms with Crippen molar-refractivity contribution in [1.82, 2.24) is 4.98 Å². The molecule has 4 heteroatoms. The SMILES string of the molecule is CC(C)(C)c1ccc(-c2nc(-c3ccccc3)ccc2C(F)(F)F)cc1. The van der Waals surface area contributed by atoms with E-state index in [0.29, 0.717) is 11.3 Å². The molecule has 0 N–H and O–H groups in total. The number of rotatable bonds is 2. The molecule has 0 atom stereocenters. The average Bonchev–Trinajstić information content (AvgIpc) is 2.60. The molecule has 0 bridgehead atoms. The van der Waals surface area contributed by atoms with Crippen molar-refractivity contribution in [3.63, 3.8) is 0 Å². The van der Waals surface area contributed by atoms with E-state index in [-0.39, 0.29) is 11.1 Å². The van der Waals surface area contributed by atoms with Crippen LogP contribution in [-0.4, -0.2) is 4.98 Å². The molecule has 0 aliphatic heterocycles. The first-order valence-corrected chi connectivity index (χ1v) is 8.41. The number of halogens is 3. The highest BCUT2D eigenvalue weighted by atomic mass is 19.4. The molecule has 134 valence electrons. The van der Waals surface area contributed by atoms with Crippen LogP contribution in [-0.2, 0) is 11.6 Å². The van der Waals surface area contributed by atoms with Gasteiger partial charge in [-0.15, -0.1) is 0 Å². The van der Waals surface area contributed by atoms with E-state index in [1.807, 2.05) is 42.5 Å². The van der Waals surface area contributed by atoms with E-state index in [4.69, 9.17) is 0 Å². The lowest BCUT2D eigenvalue weighted by atomic mass is 9.86. The number of aromatic nitrogens is 1. The van der Waals surface area contributed by atoms with Crippen LogP contribution in [0.25, 0.3) is 22.5 Å². The minimum absolute atomic E-state index is 0.0423. The second-order valence-electron chi connectivity index (χ2n) is 7.28. The molecule has 1 heterocycles. The van der Waals surface area contributed by atoms with E-state index < -0.39 is 11.7 Å². The molecule has 0 amide bonds. The summed E-state index contributed by atoms with van der Waals surface area (Å²) in [5.74, 6) is 0. The van der Waals surface area contributed by atoms with Crippen molar-refractivity contribution >= 4 is 0 Å². The van der Waals surface area contributed by atoms with Gasteiger partial charge in [-0.25, -0.2) is 4.98 Å². The Morgan fingerprint density at radius 1 is 0.692 bits per heavy atom. The van der Waals surface area contributed by atoms with E-state index in [0.717, 1.165) is 17.2 Å². The lowest BCUT2D eigenvalue weighted by molar-refractivity contribution is -0.137. The zero-order chi connectivity index (χ0) is 18.9.